The molecule has 0 spiro atoms. The van der Waals surface area contributed by atoms with Crippen molar-refractivity contribution in [2.75, 3.05) is 17.3 Å². The van der Waals surface area contributed by atoms with Crippen molar-refractivity contribution in [1.29, 1.82) is 5.26 Å². The lowest BCUT2D eigenvalue weighted by Crippen LogP contribution is -2.70. The molecule has 0 aromatic heterocycles. The van der Waals surface area contributed by atoms with Crippen LogP contribution in [0.4, 0.5) is 4.39 Å². The molecule has 2 aliphatic heterocycles. The van der Waals surface area contributed by atoms with Gasteiger partial charge in [0.1, 0.15) is 17.2 Å². The second kappa shape index (κ2) is 6.36. The Hall–Kier alpha value is -1.73. The highest BCUT2D eigenvalue weighted by Crippen LogP contribution is 2.40. The minimum absolute atomic E-state index is 0.0325. The number of β-lactam (4-membered cyclic amide) rings is 1. The average molecular weight is 331 g/mol. The van der Waals surface area contributed by atoms with Crippen molar-refractivity contribution >= 4 is 41.3 Å². The van der Waals surface area contributed by atoms with Gasteiger partial charge in [-0.25, -0.2) is 9.18 Å². The number of amides is 2. The van der Waals surface area contributed by atoms with E-state index in [9.17, 15) is 18.8 Å². The fourth-order valence-electron chi connectivity index (χ4n) is 1.99. The number of hydrogen-bond donors (Lipinski definition) is 2. The van der Waals surface area contributed by atoms with E-state index in [0.29, 0.717) is 0 Å². The smallest absolute Gasteiger partial charge is 0.355 e. The summed E-state index contributed by atoms with van der Waals surface area (Å²) in [6.07, 6.45) is 0. The monoisotopic (exact) mass is 331 g/mol. The van der Waals surface area contributed by atoms with Crippen molar-refractivity contribution in [2.45, 2.75) is 11.4 Å². The SMILES string of the molecule is N#CCSCC(=O)NC1C(=O)N2C(C(=O)O)=C(F)CS[C@H]12. The van der Waals surface area contributed by atoms with Crippen molar-refractivity contribution in [2.24, 2.45) is 0 Å². The number of carboxylic acids is 1. The molecule has 0 bridgehead atoms. The van der Waals surface area contributed by atoms with Crippen LogP contribution in [0.15, 0.2) is 11.5 Å². The van der Waals surface area contributed by atoms with Crippen LogP contribution in [0.1, 0.15) is 0 Å². The number of aliphatic carboxylic acids is 1. The predicted octanol–water partition coefficient (Wildman–Crippen LogP) is -0.0912. The summed E-state index contributed by atoms with van der Waals surface area (Å²) in [4.78, 5) is 35.3. The standard InChI is InChI=1S/C11H10FN3O4S2/c12-5-3-21-10-7(14-6(16)4-20-2-1-13)9(17)15(10)8(5)11(18)19/h7,10H,2-4H2,(H,14,16)(H,18,19)/t7?,10-/m1/s1. The Kier molecular flexibility index (Phi) is 4.74. The molecular formula is C11H10FN3O4S2. The first-order valence-corrected chi connectivity index (χ1v) is 7.98. The van der Waals surface area contributed by atoms with Gasteiger partial charge in [-0.15, -0.1) is 23.5 Å². The normalized spacial score (nSPS) is 24.0. The summed E-state index contributed by atoms with van der Waals surface area (Å²) in [5.41, 5.74) is -0.645. The van der Waals surface area contributed by atoms with Crippen molar-refractivity contribution in [3.05, 3.63) is 11.5 Å². The van der Waals surface area contributed by atoms with Gasteiger partial charge in [0.15, 0.2) is 5.70 Å². The number of fused-ring (bicyclic) bond motifs is 1. The Morgan fingerprint density at radius 1 is 1.62 bits per heavy atom. The van der Waals surface area contributed by atoms with E-state index in [-0.39, 0.29) is 17.3 Å². The number of hydrogen-bond acceptors (Lipinski definition) is 6. The summed E-state index contributed by atoms with van der Waals surface area (Å²) in [6, 6.07) is 1.02. The second-order valence-electron chi connectivity index (χ2n) is 4.16. The quantitative estimate of drug-likeness (QED) is 0.535. The fourth-order valence-corrected chi connectivity index (χ4v) is 3.64. The number of carbonyl (C=O) groups excluding carboxylic acids is 2. The van der Waals surface area contributed by atoms with Gasteiger partial charge in [0.2, 0.25) is 5.91 Å². The molecule has 21 heavy (non-hydrogen) atoms. The molecule has 2 aliphatic rings. The van der Waals surface area contributed by atoms with E-state index in [2.05, 4.69) is 5.32 Å². The van der Waals surface area contributed by atoms with Crippen LogP contribution >= 0.6 is 23.5 Å². The Balaban J connectivity index is 1.99. The molecule has 7 nitrogen and oxygen atoms in total. The Labute approximate surface area is 127 Å². The van der Waals surface area contributed by atoms with E-state index in [1.165, 1.54) is 0 Å². The number of nitrogens with one attached hydrogen (secondary N) is 1. The summed E-state index contributed by atoms with van der Waals surface area (Å²) >= 11 is 2.17. The molecule has 1 saturated heterocycles. The summed E-state index contributed by atoms with van der Waals surface area (Å²) in [6.45, 7) is 0. The van der Waals surface area contributed by atoms with E-state index >= 15 is 0 Å². The highest BCUT2D eigenvalue weighted by atomic mass is 32.2. The van der Waals surface area contributed by atoms with E-state index in [4.69, 9.17) is 10.4 Å². The third-order valence-corrected chi connectivity index (χ3v) is 4.88. The van der Waals surface area contributed by atoms with Gasteiger partial charge >= 0.3 is 5.97 Å². The molecule has 0 aromatic carbocycles. The van der Waals surface area contributed by atoms with Gasteiger partial charge in [-0.2, -0.15) is 5.26 Å². The lowest BCUT2D eigenvalue weighted by Gasteiger charge is -2.48. The Bertz CT molecular complexity index is 574. The average Bonchev–Trinajstić information content (AvgIpc) is 2.44. The van der Waals surface area contributed by atoms with Gasteiger partial charge in [0, 0.05) is 5.75 Å². The van der Waals surface area contributed by atoms with Crippen LogP contribution in [0, 0.1) is 11.3 Å². The van der Waals surface area contributed by atoms with Crippen molar-refractivity contribution in [3.8, 4) is 6.07 Å². The van der Waals surface area contributed by atoms with Crippen molar-refractivity contribution in [3.63, 3.8) is 0 Å². The molecule has 1 fully saturated rings. The molecule has 2 heterocycles. The molecule has 0 saturated carbocycles. The largest absolute Gasteiger partial charge is 0.476 e. The van der Waals surface area contributed by atoms with Crippen LogP contribution in [0.2, 0.25) is 0 Å². The summed E-state index contributed by atoms with van der Waals surface area (Å²) in [5.74, 6) is -3.37. The maximum atomic E-state index is 13.5. The number of thioether (sulfide) groups is 2. The zero-order chi connectivity index (χ0) is 15.6. The highest BCUT2D eigenvalue weighted by molar-refractivity contribution is 8.00. The van der Waals surface area contributed by atoms with Gasteiger partial charge in [-0.1, -0.05) is 0 Å². The van der Waals surface area contributed by atoms with Gasteiger partial charge < -0.3 is 10.4 Å². The third-order valence-electron chi connectivity index (χ3n) is 2.84. The fraction of sp³-hybridized carbons (Fsp3) is 0.455. The number of carbonyl (C=O) groups is 3. The van der Waals surface area contributed by atoms with Gasteiger partial charge in [-0.3, -0.25) is 14.5 Å². The summed E-state index contributed by atoms with van der Waals surface area (Å²) in [7, 11) is 0. The molecular weight excluding hydrogens is 321 g/mol. The minimum Gasteiger partial charge on any atom is -0.476 e. The molecule has 0 radical (unpaired) electrons. The molecule has 112 valence electrons. The van der Waals surface area contributed by atoms with Crippen LogP contribution in [0.25, 0.3) is 0 Å². The number of rotatable bonds is 5. The topological polar surface area (TPSA) is 111 Å². The van der Waals surface area contributed by atoms with Crippen LogP contribution in [-0.2, 0) is 14.4 Å². The minimum atomic E-state index is -1.50. The highest BCUT2D eigenvalue weighted by Gasteiger charge is 2.54. The molecule has 2 amide bonds. The van der Waals surface area contributed by atoms with E-state index in [1.54, 1.807) is 0 Å². The first-order chi connectivity index (χ1) is 9.97. The van der Waals surface area contributed by atoms with E-state index < -0.39 is 40.7 Å². The zero-order valence-electron chi connectivity index (χ0n) is 10.5. The first-order valence-electron chi connectivity index (χ1n) is 5.78. The maximum absolute atomic E-state index is 13.5. The molecule has 0 aromatic rings. The van der Waals surface area contributed by atoms with Gasteiger partial charge in [0.05, 0.1) is 17.6 Å². The summed E-state index contributed by atoms with van der Waals surface area (Å²) in [5, 5.41) is 19.2. The molecule has 1 unspecified atom stereocenters. The van der Waals surface area contributed by atoms with Crippen LogP contribution in [0.5, 0.6) is 0 Å². The van der Waals surface area contributed by atoms with Crippen LogP contribution in [0.3, 0.4) is 0 Å². The van der Waals surface area contributed by atoms with Gasteiger partial charge in [-0.05, 0) is 0 Å². The lowest BCUT2D eigenvalue weighted by molar-refractivity contribution is -0.150. The zero-order valence-corrected chi connectivity index (χ0v) is 12.2. The van der Waals surface area contributed by atoms with Crippen LogP contribution in [-0.4, -0.2) is 56.5 Å². The number of nitriles is 1. The molecule has 2 rings (SSSR count). The van der Waals surface area contributed by atoms with Crippen molar-refractivity contribution < 1.29 is 23.9 Å². The van der Waals surface area contributed by atoms with Gasteiger partial charge in [0.25, 0.3) is 5.91 Å². The van der Waals surface area contributed by atoms with Crippen LogP contribution < -0.4 is 5.32 Å². The van der Waals surface area contributed by atoms with E-state index in [1.807, 2.05) is 6.07 Å². The molecule has 10 heteroatoms. The molecule has 0 aliphatic carbocycles. The Morgan fingerprint density at radius 2 is 2.33 bits per heavy atom. The number of carboxylic acid groups (broad SMARTS) is 1. The number of nitrogens with zero attached hydrogens (tertiary/aromatic N) is 2. The first kappa shape index (κ1) is 15.7. The second-order valence-corrected chi connectivity index (χ2v) is 6.26. The van der Waals surface area contributed by atoms with Crippen molar-refractivity contribution in [1.82, 2.24) is 10.2 Å². The van der Waals surface area contributed by atoms with E-state index in [0.717, 1.165) is 28.4 Å². The summed E-state index contributed by atoms with van der Waals surface area (Å²) < 4.78 is 13.5. The third kappa shape index (κ3) is 2.98. The molecule has 2 N–H and O–H groups in total. The predicted molar refractivity (Wildman–Crippen MR) is 73.7 cm³/mol. The maximum Gasteiger partial charge on any atom is 0.355 e. The Morgan fingerprint density at radius 3 is 2.95 bits per heavy atom. The molecule has 2 atom stereocenters. The lowest BCUT2D eigenvalue weighted by atomic mass is 10.1. The number of halogens is 1.